The SMILES string of the molecule is CCN(Cc1ccc(N)cc1)C(=O)c1ccc(Br)cc1. The molecule has 2 aromatic rings. The van der Waals surface area contributed by atoms with E-state index >= 15 is 0 Å². The van der Waals surface area contributed by atoms with Crippen LogP contribution >= 0.6 is 15.9 Å². The Kier molecular flexibility index (Phi) is 4.79. The van der Waals surface area contributed by atoms with E-state index < -0.39 is 0 Å². The number of carbonyl (C=O) groups excluding carboxylic acids is 1. The molecule has 4 heteroatoms. The van der Waals surface area contributed by atoms with E-state index in [4.69, 9.17) is 5.73 Å². The van der Waals surface area contributed by atoms with Gasteiger partial charge in [-0.1, -0.05) is 28.1 Å². The van der Waals surface area contributed by atoms with E-state index in [1.807, 2.05) is 60.4 Å². The summed E-state index contributed by atoms with van der Waals surface area (Å²) in [6.07, 6.45) is 0. The average molecular weight is 333 g/mol. The molecule has 0 unspecified atom stereocenters. The van der Waals surface area contributed by atoms with Gasteiger partial charge in [-0.25, -0.2) is 0 Å². The predicted molar refractivity (Wildman–Crippen MR) is 85.4 cm³/mol. The summed E-state index contributed by atoms with van der Waals surface area (Å²) in [5, 5.41) is 0. The molecule has 2 N–H and O–H groups in total. The first-order valence-corrected chi connectivity index (χ1v) is 7.28. The Morgan fingerprint density at radius 1 is 1.10 bits per heavy atom. The van der Waals surface area contributed by atoms with Gasteiger partial charge in [-0.2, -0.15) is 0 Å². The number of carbonyl (C=O) groups is 1. The summed E-state index contributed by atoms with van der Waals surface area (Å²) in [6, 6.07) is 15.0. The van der Waals surface area contributed by atoms with Crippen LogP contribution in [0.1, 0.15) is 22.8 Å². The van der Waals surface area contributed by atoms with E-state index in [0.717, 1.165) is 15.7 Å². The number of amides is 1. The molecule has 0 atom stereocenters. The Bertz CT molecular complexity index is 578. The highest BCUT2D eigenvalue weighted by atomic mass is 79.9. The van der Waals surface area contributed by atoms with E-state index in [9.17, 15) is 4.79 Å². The van der Waals surface area contributed by atoms with Crippen molar-refractivity contribution in [3.63, 3.8) is 0 Å². The highest BCUT2D eigenvalue weighted by Gasteiger charge is 2.14. The molecule has 0 aliphatic heterocycles. The maximum absolute atomic E-state index is 12.4. The maximum atomic E-state index is 12.4. The molecule has 0 spiro atoms. The second-order valence-corrected chi connectivity index (χ2v) is 5.48. The van der Waals surface area contributed by atoms with Crippen molar-refractivity contribution in [2.75, 3.05) is 12.3 Å². The Balaban J connectivity index is 2.13. The van der Waals surface area contributed by atoms with Gasteiger partial charge >= 0.3 is 0 Å². The lowest BCUT2D eigenvalue weighted by molar-refractivity contribution is 0.0752. The van der Waals surface area contributed by atoms with Crippen molar-refractivity contribution in [2.24, 2.45) is 0 Å². The Morgan fingerprint density at radius 3 is 2.25 bits per heavy atom. The van der Waals surface area contributed by atoms with Crippen molar-refractivity contribution in [3.8, 4) is 0 Å². The molecule has 0 bridgehead atoms. The zero-order valence-electron chi connectivity index (χ0n) is 11.3. The first-order chi connectivity index (χ1) is 9.60. The third kappa shape index (κ3) is 3.61. The molecule has 0 aliphatic carbocycles. The van der Waals surface area contributed by atoms with Crippen molar-refractivity contribution in [3.05, 3.63) is 64.1 Å². The van der Waals surface area contributed by atoms with Gasteiger partial charge in [-0.05, 0) is 48.9 Å². The minimum atomic E-state index is 0.0387. The standard InChI is InChI=1S/C16H17BrN2O/c1-2-19(11-12-3-9-15(18)10-4-12)16(20)13-5-7-14(17)8-6-13/h3-10H,2,11,18H2,1H3. The molecule has 0 saturated carbocycles. The van der Waals surface area contributed by atoms with E-state index in [0.29, 0.717) is 18.7 Å². The monoisotopic (exact) mass is 332 g/mol. The molecule has 0 aromatic heterocycles. The second kappa shape index (κ2) is 6.57. The fourth-order valence-corrected chi connectivity index (χ4v) is 2.21. The predicted octanol–water partition coefficient (Wildman–Crippen LogP) is 3.69. The van der Waals surface area contributed by atoms with Crippen LogP contribution in [0.2, 0.25) is 0 Å². The van der Waals surface area contributed by atoms with Crippen molar-refractivity contribution in [2.45, 2.75) is 13.5 Å². The summed E-state index contributed by atoms with van der Waals surface area (Å²) in [5.41, 5.74) is 8.18. The van der Waals surface area contributed by atoms with Gasteiger partial charge in [0.1, 0.15) is 0 Å². The molecular weight excluding hydrogens is 316 g/mol. The number of nitrogens with zero attached hydrogens (tertiary/aromatic N) is 1. The van der Waals surface area contributed by atoms with E-state index in [-0.39, 0.29) is 5.91 Å². The highest BCUT2D eigenvalue weighted by Crippen LogP contribution is 2.14. The van der Waals surface area contributed by atoms with Crippen LogP contribution < -0.4 is 5.73 Å². The minimum absolute atomic E-state index is 0.0387. The number of halogens is 1. The van der Waals surface area contributed by atoms with Crippen LogP contribution in [0.25, 0.3) is 0 Å². The number of anilines is 1. The van der Waals surface area contributed by atoms with E-state index in [1.165, 1.54) is 0 Å². The van der Waals surface area contributed by atoms with Crippen LogP contribution in [-0.4, -0.2) is 17.4 Å². The van der Waals surface area contributed by atoms with Gasteiger partial charge in [0, 0.05) is 28.8 Å². The number of rotatable bonds is 4. The molecule has 1 amide bonds. The molecule has 0 radical (unpaired) electrons. The molecular formula is C16H17BrN2O. The zero-order valence-corrected chi connectivity index (χ0v) is 12.9. The smallest absolute Gasteiger partial charge is 0.254 e. The Labute approximate surface area is 127 Å². The third-order valence-electron chi connectivity index (χ3n) is 3.11. The van der Waals surface area contributed by atoms with Crippen molar-refractivity contribution in [1.82, 2.24) is 4.90 Å². The van der Waals surface area contributed by atoms with Gasteiger partial charge in [0.15, 0.2) is 0 Å². The molecule has 0 fully saturated rings. The maximum Gasteiger partial charge on any atom is 0.254 e. The molecule has 0 heterocycles. The molecule has 2 aromatic carbocycles. The summed E-state index contributed by atoms with van der Waals surface area (Å²) in [6.45, 7) is 3.24. The van der Waals surface area contributed by atoms with Crippen LogP contribution in [-0.2, 0) is 6.54 Å². The van der Waals surface area contributed by atoms with Gasteiger partial charge in [-0.15, -0.1) is 0 Å². The lowest BCUT2D eigenvalue weighted by atomic mass is 10.1. The summed E-state index contributed by atoms with van der Waals surface area (Å²) >= 11 is 3.37. The molecule has 3 nitrogen and oxygen atoms in total. The third-order valence-corrected chi connectivity index (χ3v) is 3.64. The lowest BCUT2D eigenvalue weighted by Gasteiger charge is -2.21. The zero-order chi connectivity index (χ0) is 14.5. The van der Waals surface area contributed by atoms with Gasteiger partial charge in [0.05, 0.1) is 0 Å². The van der Waals surface area contributed by atoms with Crippen molar-refractivity contribution < 1.29 is 4.79 Å². The number of hydrogen-bond acceptors (Lipinski definition) is 2. The Morgan fingerprint density at radius 2 is 1.70 bits per heavy atom. The number of nitrogen functional groups attached to an aromatic ring is 1. The molecule has 20 heavy (non-hydrogen) atoms. The summed E-state index contributed by atoms with van der Waals surface area (Å²) < 4.78 is 0.968. The van der Waals surface area contributed by atoms with Crippen LogP contribution in [0.3, 0.4) is 0 Å². The van der Waals surface area contributed by atoms with Crippen molar-refractivity contribution >= 4 is 27.5 Å². The Hall–Kier alpha value is -1.81. The van der Waals surface area contributed by atoms with Gasteiger partial charge in [0.2, 0.25) is 0 Å². The minimum Gasteiger partial charge on any atom is -0.399 e. The number of benzene rings is 2. The summed E-state index contributed by atoms with van der Waals surface area (Å²) in [5.74, 6) is 0.0387. The quantitative estimate of drug-likeness (QED) is 0.868. The number of nitrogens with two attached hydrogens (primary N) is 1. The van der Waals surface area contributed by atoms with Gasteiger partial charge in [-0.3, -0.25) is 4.79 Å². The number of hydrogen-bond donors (Lipinski definition) is 1. The first kappa shape index (κ1) is 14.6. The molecule has 104 valence electrons. The van der Waals surface area contributed by atoms with Gasteiger partial charge in [0.25, 0.3) is 5.91 Å². The van der Waals surface area contributed by atoms with E-state index in [1.54, 1.807) is 0 Å². The largest absolute Gasteiger partial charge is 0.399 e. The van der Waals surface area contributed by atoms with Crippen LogP contribution in [0, 0.1) is 0 Å². The first-order valence-electron chi connectivity index (χ1n) is 6.49. The highest BCUT2D eigenvalue weighted by molar-refractivity contribution is 9.10. The molecule has 2 rings (SSSR count). The average Bonchev–Trinajstić information content (AvgIpc) is 2.47. The fourth-order valence-electron chi connectivity index (χ4n) is 1.95. The topological polar surface area (TPSA) is 46.3 Å². The van der Waals surface area contributed by atoms with Gasteiger partial charge < -0.3 is 10.6 Å². The fraction of sp³-hybridized carbons (Fsp3) is 0.188. The summed E-state index contributed by atoms with van der Waals surface area (Å²) in [7, 11) is 0. The van der Waals surface area contributed by atoms with Crippen LogP contribution in [0.5, 0.6) is 0 Å². The normalized spacial score (nSPS) is 10.3. The van der Waals surface area contributed by atoms with Crippen molar-refractivity contribution in [1.29, 1.82) is 0 Å². The van der Waals surface area contributed by atoms with Crippen LogP contribution in [0.15, 0.2) is 53.0 Å². The second-order valence-electron chi connectivity index (χ2n) is 4.57. The van der Waals surface area contributed by atoms with E-state index in [2.05, 4.69) is 15.9 Å². The van der Waals surface area contributed by atoms with Crippen LogP contribution in [0.4, 0.5) is 5.69 Å². The summed E-state index contributed by atoms with van der Waals surface area (Å²) in [4.78, 5) is 14.3. The lowest BCUT2D eigenvalue weighted by Crippen LogP contribution is -2.30. The molecule has 0 aliphatic rings. The molecule has 0 saturated heterocycles.